The number of allylic oxidation sites excluding steroid dienone is 10. The third kappa shape index (κ3) is 49.2. The molecule has 0 bridgehead atoms. The Hall–Kier alpha value is -2.29. The van der Waals surface area contributed by atoms with Crippen molar-refractivity contribution in [3.63, 3.8) is 0 Å². The molecule has 0 spiro atoms. The first kappa shape index (κ1) is 61.7. The van der Waals surface area contributed by atoms with Crippen molar-refractivity contribution in [2.45, 2.75) is 225 Å². The second-order valence-electron chi connectivity index (χ2n) is 18.5. The molecule has 372 valence electrons. The van der Waals surface area contributed by atoms with Crippen LogP contribution in [0.3, 0.4) is 0 Å². The molecule has 0 radical (unpaired) electrons. The summed E-state index contributed by atoms with van der Waals surface area (Å²) in [5.41, 5.74) is 0. The smallest absolute Gasteiger partial charge is 0.462 e. The number of likely N-dealkylation sites (N-methyl/N-ethyl adjacent to an activating group) is 1. The highest BCUT2D eigenvalue weighted by Gasteiger charge is 2.27. The second-order valence-corrected chi connectivity index (χ2v) is 20.0. The number of esters is 2. The van der Waals surface area contributed by atoms with E-state index in [-0.39, 0.29) is 32.0 Å². The van der Waals surface area contributed by atoms with Crippen LogP contribution in [0.4, 0.5) is 0 Å². The van der Waals surface area contributed by atoms with Crippen molar-refractivity contribution >= 4 is 19.8 Å². The fourth-order valence-corrected chi connectivity index (χ4v) is 7.68. The molecule has 0 aromatic heterocycles. The van der Waals surface area contributed by atoms with E-state index in [1.165, 1.54) is 109 Å². The molecular weight excluding hydrogens is 822 g/mol. The maximum atomic E-state index is 12.8. The van der Waals surface area contributed by atoms with Crippen molar-refractivity contribution in [1.29, 1.82) is 0 Å². The predicted molar refractivity (Wildman–Crippen MR) is 270 cm³/mol. The van der Waals surface area contributed by atoms with Gasteiger partial charge in [-0.1, -0.05) is 184 Å². The number of carbonyl (C=O) groups excluding carboxylic acids is 2. The van der Waals surface area contributed by atoms with Crippen molar-refractivity contribution in [3.8, 4) is 0 Å². The summed E-state index contributed by atoms with van der Waals surface area (Å²) < 4.78 is 34.5. The Labute approximate surface area is 394 Å². The summed E-state index contributed by atoms with van der Waals surface area (Å²) in [5, 5.41) is 0. The summed E-state index contributed by atoms with van der Waals surface area (Å²) in [6.45, 7) is 4.38. The molecule has 10 heteroatoms. The lowest BCUT2D eigenvalue weighted by molar-refractivity contribution is -0.870. The molecule has 1 N–H and O–H groups in total. The standard InChI is InChI=1S/C54H98NO8P/c1-6-8-10-12-14-16-18-20-22-24-26-27-29-31-33-35-37-39-41-43-45-47-54(57)63-52(51-62-64(58,59)61-49-48-55(3,4)5)50-60-53(56)46-44-42-40-38-36-34-32-30-28-25-23-21-19-17-15-13-11-9-7-2/h15,17-18,20-21,23-24,26,29,31,52H,6-14,16,19,22,25,27-28,30,32-51H2,1-5H3/p+1/b17-15-,20-18-,23-21-,26-24-,31-29-. The molecule has 2 unspecified atom stereocenters. The van der Waals surface area contributed by atoms with Gasteiger partial charge >= 0.3 is 19.8 Å². The molecule has 64 heavy (non-hydrogen) atoms. The van der Waals surface area contributed by atoms with Crippen molar-refractivity contribution < 1.29 is 42.1 Å². The van der Waals surface area contributed by atoms with Gasteiger partial charge in [0.25, 0.3) is 0 Å². The van der Waals surface area contributed by atoms with E-state index in [1.54, 1.807) is 0 Å². The van der Waals surface area contributed by atoms with Gasteiger partial charge in [0.1, 0.15) is 19.8 Å². The Balaban J connectivity index is 4.29. The molecule has 0 aliphatic rings. The molecule has 0 saturated carbocycles. The lowest BCUT2D eigenvalue weighted by Crippen LogP contribution is -2.37. The molecule has 0 aromatic carbocycles. The summed E-state index contributed by atoms with van der Waals surface area (Å²) in [6, 6.07) is 0. The van der Waals surface area contributed by atoms with Crippen LogP contribution in [0.5, 0.6) is 0 Å². The average molecular weight is 921 g/mol. The van der Waals surface area contributed by atoms with Gasteiger partial charge in [-0.2, -0.15) is 0 Å². The summed E-state index contributed by atoms with van der Waals surface area (Å²) in [6.07, 6.45) is 56.9. The van der Waals surface area contributed by atoms with Gasteiger partial charge in [-0.3, -0.25) is 18.6 Å². The Morgan fingerprint density at radius 2 is 0.844 bits per heavy atom. The zero-order chi connectivity index (χ0) is 47.1. The fourth-order valence-electron chi connectivity index (χ4n) is 6.93. The van der Waals surface area contributed by atoms with Gasteiger partial charge in [-0.05, 0) is 83.5 Å². The van der Waals surface area contributed by atoms with E-state index in [0.29, 0.717) is 17.4 Å². The average Bonchev–Trinajstić information content (AvgIpc) is 3.25. The summed E-state index contributed by atoms with van der Waals surface area (Å²) in [4.78, 5) is 35.6. The predicted octanol–water partition coefficient (Wildman–Crippen LogP) is 15.6. The molecule has 0 saturated heterocycles. The van der Waals surface area contributed by atoms with Crippen LogP contribution in [0.25, 0.3) is 0 Å². The summed E-state index contributed by atoms with van der Waals surface area (Å²) >= 11 is 0. The van der Waals surface area contributed by atoms with E-state index in [9.17, 15) is 19.0 Å². The number of quaternary nitrogens is 1. The van der Waals surface area contributed by atoms with E-state index in [4.69, 9.17) is 18.5 Å². The Morgan fingerprint density at radius 3 is 1.28 bits per heavy atom. The number of carbonyl (C=O) groups is 2. The van der Waals surface area contributed by atoms with Gasteiger partial charge in [-0.15, -0.1) is 0 Å². The van der Waals surface area contributed by atoms with Crippen LogP contribution >= 0.6 is 7.82 Å². The highest BCUT2D eigenvalue weighted by Crippen LogP contribution is 2.43. The first-order valence-corrected chi connectivity index (χ1v) is 27.5. The van der Waals surface area contributed by atoms with E-state index >= 15 is 0 Å². The van der Waals surface area contributed by atoms with Gasteiger partial charge < -0.3 is 18.9 Å². The normalized spacial score (nSPS) is 13.9. The van der Waals surface area contributed by atoms with E-state index < -0.39 is 26.5 Å². The number of phosphoric acid groups is 1. The van der Waals surface area contributed by atoms with Crippen molar-refractivity contribution in [2.24, 2.45) is 0 Å². The zero-order valence-electron chi connectivity index (χ0n) is 42.0. The molecule has 9 nitrogen and oxygen atoms in total. The van der Waals surface area contributed by atoms with Crippen molar-refractivity contribution in [1.82, 2.24) is 0 Å². The molecule has 0 rings (SSSR count). The van der Waals surface area contributed by atoms with Crippen molar-refractivity contribution in [2.75, 3.05) is 47.5 Å². The fraction of sp³-hybridized carbons (Fsp3) is 0.778. The largest absolute Gasteiger partial charge is 0.472 e. The highest BCUT2D eigenvalue weighted by atomic mass is 31.2. The molecule has 0 fully saturated rings. The molecule has 0 aliphatic carbocycles. The Kier molecular flexibility index (Phi) is 44.2. The minimum absolute atomic E-state index is 0.0260. The maximum Gasteiger partial charge on any atom is 0.472 e. The number of rotatable bonds is 47. The topological polar surface area (TPSA) is 108 Å². The van der Waals surface area contributed by atoms with Crippen LogP contribution in [-0.2, 0) is 32.7 Å². The molecule has 2 atom stereocenters. The van der Waals surface area contributed by atoms with Gasteiger partial charge in [0.2, 0.25) is 0 Å². The number of phosphoric ester groups is 1. The summed E-state index contributed by atoms with van der Waals surface area (Å²) in [7, 11) is 1.46. The van der Waals surface area contributed by atoms with E-state index in [0.717, 1.165) is 77.0 Å². The van der Waals surface area contributed by atoms with Gasteiger partial charge in [0, 0.05) is 12.8 Å². The number of hydrogen-bond acceptors (Lipinski definition) is 7. The Morgan fingerprint density at radius 1 is 0.484 bits per heavy atom. The molecule has 0 amide bonds. The minimum atomic E-state index is -4.39. The first-order valence-electron chi connectivity index (χ1n) is 26.0. The number of nitrogens with zero attached hydrogens (tertiary/aromatic N) is 1. The third-order valence-electron chi connectivity index (χ3n) is 11.0. The highest BCUT2D eigenvalue weighted by molar-refractivity contribution is 7.47. The van der Waals surface area contributed by atoms with Crippen molar-refractivity contribution in [3.05, 3.63) is 60.8 Å². The lowest BCUT2D eigenvalue weighted by Gasteiger charge is -2.24. The minimum Gasteiger partial charge on any atom is -0.462 e. The van der Waals surface area contributed by atoms with Crippen LogP contribution in [0, 0.1) is 0 Å². The lowest BCUT2D eigenvalue weighted by atomic mass is 10.1. The maximum absolute atomic E-state index is 12.8. The quantitative estimate of drug-likeness (QED) is 0.0211. The van der Waals surface area contributed by atoms with Crippen LogP contribution in [0.2, 0.25) is 0 Å². The number of ether oxygens (including phenoxy) is 2. The second kappa shape index (κ2) is 45.8. The van der Waals surface area contributed by atoms with E-state index in [2.05, 4.69) is 74.6 Å². The zero-order valence-corrected chi connectivity index (χ0v) is 42.9. The SMILES string of the molecule is CCCCC/C=C\C/C=C\CCCCCCCCCCCC(=O)OCC(COP(=O)(O)OCC[N+](C)(C)C)OC(=O)CCCCCCCC/C=C\C/C=C\C/C=C\CCCCCCC. The number of unbranched alkanes of at least 4 members (excludes halogenated alkanes) is 23. The van der Waals surface area contributed by atoms with Crippen LogP contribution in [0.15, 0.2) is 60.8 Å². The van der Waals surface area contributed by atoms with Crippen LogP contribution < -0.4 is 0 Å². The summed E-state index contributed by atoms with van der Waals surface area (Å²) in [5.74, 6) is -0.816. The third-order valence-corrected chi connectivity index (χ3v) is 12.0. The van der Waals surface area contributed by atoms with Gasteiger partial charge in [0.05, 0.1) is 27.7 Å². The van der Waals surface area contributed by atoms with Crippen LogP contribution in [0.1, 0.15) is 219 Å². The Bertz CT molecular complexity index is 1270. The molecule has 0 aliphatic heterocycles. The molecular formula is C54H99NO8P+. The van der Waals surface area contributed by atoms with Gasteiger partial charge in [-0.25, -0.2) is 4.57 Å². The van der Waals surface area contributed by atoms with E-state index in [1.807, 2.05) is 21.1 Å². The first-order chi connectivity index (χ1) is 31.0. The number of hydrogen-bond donors (Lipinski definition) is 1. The van der Waals surface area contributed by atoms with Crippen LogP contribution in [-0.4, -0.2) is 74.9 Å². The monoisotopic (exact) mass is 921 g/mol. The van der Waals surface area contributed by atoms with Gasteiger partial charge in [0.15, 0.2) is 6.10 Å². The molecule has 0 aromatic rings. The molecule has 0 heterocycles.